The van der Waals surface area contributed by atoms with E-state index in [1.807, 2.05) is 18.2 Å². The smallest absolute Gasteiger partial charge is 0.232 e. The first-order valence-electron chi connectivity index (χ1n) is 10.4. The second-order valence-corrected chi connectivity index (χ2v) is 8.96. The second-order valence-electron chi connectivity index (χ2n) is 7.85. The van der Waals surface area contributed by atoms with Gasteiger partial charge in [0.1, 0.15) is 12.4 Å². The molecule has 2 heterocycles. The number of nitrogens with zero attached hydrogens (tertiary/aromatic N) is 5. The van der Waals surface area contributed by atoms with Crippen LogP contribution in [0.1, 0.15) is 17.5 Å². The van der Waals surface area contributed by atoms with Crippen LogP contribution in [0.25, 0.3) is 0 Å². The molecular weight excluding hydrogens is 425 g/mol. The Labute approximate surface area is 191 Å². The summed E-state index contributed by atoms with van der Waals surface area (Å²) in [7, 11) is 4.17. The number of benzene rings is 2. The molecule has 0 spiro atoms. The maximum absolute atomic E-state index is 13.6. The number of hydrogen-bond acceptors (Lipinski definition) is 7. The summed E-state index contributed by atoms with van der Waals surface area (Å²) in [5, 5.41) is 9.02. The van der Waals surface area contributed by atoms with Crippen LogP contribution in [0.2, 0.25) is 0 Å². The number of likely N-dealkylation sites (N-methyl/N-ethyl adjacent to an activating group) is 1. The van der Waals surface area contributed by atoms with E-state index in [0.717, 1.165) is 34.9 Å². The molecule has 1 aromatic heterocycles. The normalized spacial score (nSPS) is 15.7. The quantitative estimate of drug-likeness (QED) is 0.531. The Morgan fingerprint density at radius 3 is 2.75 bits per heavy atom. The highest BCUT2D eigenvalue weighted by atomic mass is 32.2. The minimum atomic E-state index is -0.298. The van der Waals surface area contributed by atoms with Crippen LogP contribution < -0.4 is 9.64 Å². The first kappa shape index (κ1) is 22.1. The fraction of sp³-hybridized carbons (Fsp3) is 0.292. The Hall–Kier alpha value is -3.15. The lowest BCUT2D eigenvalue weighted by Crippen LogP contribution is -2.32. The fourth-order valence-electron chi connectivity index (χ4n) is 3.52. The van der Waals surface area contributed by atoms with Crippen LogP contribution in [-0.4, -0.2) is 48.1 Å². The fourth-order valence-corrected chi connectivity index (χ4v) is 4.34. The molecular formula is C24H24FN5OS. The van der Waals surface area contributed by atoms with E-state index in [9.17, 15) is 4.39 Å². The molecule has 0 bridgehead atoms. The van der Waals surface area contributed by atoms with Gasteiger partial charge in [-0.1, -0.05) is 23.9 Å². The van der Waals surface area contributed by atoms with Gasteiger partial charge in [-0.2, -0.15) is 10.2 Å². The van der Waals surface area contributed by atoms with Crippen molar-refractivity contribution in [3.63, 3.8) is 0 Å². The second kappa shape index (κ2) is 9.98. The van der Waals surface area contributed by atoms with Crippen molar-refractivity contribution < 1.29 is 9.13 Å². The monoisotopic (exact) mass is 449 g/mol. The van der Waals surface area contributed by atoms with Crippen molar-refractivity contribution in [1.82, 2.24) is 14.9 Å². The van der Waals surface area contributed by atoms with Gasteiger partial charge in [0.2, 0.25) is 11.8 Å². The highest BCUT2D eigenvalue weighted by Gasteiger charge is 2.26. The number of aromatic nitrogens is 2. The van der Waals surface area contributed by atoms with Crippen LogP contribution in [0.4, 0.5) is 10.3 Å². The zero-order chi connectivity index (χ0) is 22.5. The van der Waals surface area contributed by atoms with Crippen molar-refractivity contribution in [2.75, 3.05) is 32.1 Å². The topological polar surface area (TPSA) is 65.3 Å². The molecule has 0 N–H and O–H groups in total. The van der Waals surface area contributed by atoms with Gasteiger partial charge in [-0.25, -0.2) is 9.37 Å². The van der Waals surface area contributed by atoms with Gasteiger partial charge in [0.15, 0.2) is 0 Å². The van der Waals surface area contributed by atoms with Gasteiger partial charge in [-0.05, 0) is 62.5 Å². The zero-order valence-corrected chi connectivity index (χ0v) is 18.8. The van der Waals surface area contributed by atoms with Crippen molar-refractivity contribution in [2.45, 2.75) is 28.9 Å². The molecule has 1 fully saturated rings. The molecule has 1 unspecified atom stereocenters. The SMILES string of the molecule is CN(C)C1CCN(c2ncc(Sc3ccc(C#N)cc3)c(OCc3cccc(F)c3)n2)C1. The van der Waals surface area contributed by atoms with Crippen molar-refractivity contribution in [3.05, 3.63) is 71.7 Å². The molecule has 32 heavy (non-hydrogen) atoms. The first-order valence-corrected chi connectivity index (χ1v) is 11.2. The summed E-state index contributed by atoms with van der Waals surface area (Å²) in [5.74, 6) is 0.795. The molecule has 4 rings (SSSR count). The first-order chi connectivity index (χ1) is 15.5. The Morgan fingerprint density at radius 2 is 2.06 bits per heavy atom. The molecule has 0 radical (unpaired) electrons. The third-order valence-corrected chi connectivity index (χ3v) is 6.37. The molecule has 6 nitrogen and oxygen atoms in total. The molecule has 0 aliphatic carbocycles. The molecule has 8 heteroatoms. The van der Waals surface area contributed by atoms with E-state index in [-0.39, 0.29) is 12.4 Å². The van der Waals surface area contributed by atoms with Gasteiger partial charge < -0.3 is 14.5 Å². The van der Waals surface area contributed by atoms with Crippen molar-refractivity contribution in [1.29, 1.82) is 5.26 Å². The maximum atomic E-state index is 13.6. The van der Waals surface area contributed by atoms with Gasteiger partial charge >= 0.3 is 0 Å². The van der Waals surface area contributed by atoms with Gasteiger partial charge in [-0.15, -0.1) is 0 Å². The molecule has 0 amide bonds. The number of ether oxygens (including phenoxy) is 1. The molecule has 1 aliphatic rings. The van der Waals surface area contributed by atoms with Crippen LogP contribution >= 0.6 is 11.8 Å². The van der Waals surface area contributed by atoms with E-state index >= 15 is 0 Å². The standard InChI is InChI=1S/C24H24FN5OS/c1-29(2)20-10-11-30(15-20)24-27-14-22(32-21-8-6-17(13-26)7-9-21)23(28-24)31-16-18-4-3-5-19(25)12-18/h3-9,12,14,20H,10-11,15-16H2,1-2H3. The summed E-state index contributed by atoms with van der Waals surface area (Å²) in [6, 6.07) is 16.3. The van der Waals surface area contributed by atoms with Gasteiger partial charge in [-0.3, -0.25) is 0 Å². The summed E-state index contributed by atoms with van der Waals surface area (Å²) in [6.07, 6.45) is 2.83. The zero-order valence-electron chi connectivity index (χ0n) is 18.0. The molecule has 1 aliphatic heterocycles. The lowest BCUT2D eigenvalue weighted by molar-refractivity contribution is 0.284. The highest BCUT2D eigenvalue weighted by molar-refractivity contribution is 7.99. The van der Waals surface area contributed by atoms with Gasteiger partial charge in [0.05, 0.1) is 22.7 Å². The molecule has 1 atom stereocenters. The van der Waals surface area contributed by atoms with Crippen LogP contribution in [-0.2, 0) is 6.61 Å². The third-order valence-electron chi connectivity index (χ3n) is 5.36. The lowest BCUT2D eigenvalue weighted by atomic mass is 10.2. The Balaban J connectivity index is 1.58. The summed E-state index contributed by atoms with van der Waals surface area (Å²) < 4.78 is 19.6. The lowest BCUT2D eigenvalue weighted by Gasteiger charge is -2.21. The van der Waals surface area contributed by atoms with E-state index in [2.05, 4.69) is 34.9 Å². The Morgan fingerprint density at radius 1 is 1.25 bits per heavy atom. The van der Waals surface area contributed by atoms with Crippen LogP contribution in [0.3, 0.4) is 0 Å². The Kier molecular flexibility index (Phi) is 6.88. The van der Waals surface area contributed by atoms with Gasteiger partial charge in [0.25, 0.3) is 0 Å². The number of nitriles is 1. The summed E-state index contributed by atoms with van der Waals surface area (Å²) in [4.78, 5) is 15.4. The highest BCUT2D eigenvalue weighted by Crippen LogP contribution is 2.35. The predicted molar refractivity (Wildman–Crippen MR) is 122 cm³/mol. The van der Waals surface area contributed by atoms with Gasteiger partial charge in [0, 0.05) is 24.0 Å². The third kappa shape index (κ3) is 5.36. The minimum absolute atomic E-state index is 0.204. The summed E-state index contributed by atoms with van der Waals surface area (Å²) in [6.45, 7) is 1.95. The molecule has 164 valence electrons. The van der Waals surface area contributed by atoms with Crippen molar-refractivity contribution in [2.24, 2.45) is 0 Å². The van der Waals surface area contributed by atoms with Crippen LogP contribution in [0.5, 0.6) is 5.88 Å². The predicted octanol–water partition coefficient (Wildman–Crippen LogP) is 4.36. The van der Waals surface area contributed by atoms with Crippen molar-refractivity contribution in [3.8, 4) is 11.9 Å². The number of hydrogen-bond donors (Lipinski definition) is 0. The molecule has 0 saturated carbocycles. The van der Waals surface area contributed by atoms with E-state index in [1.54, 1.807) is 24.4 Å². The molecule has 2 aromatic carbocycles. The molecule has 1 saturated heterocycles. The largest absolute Gasteiger partial charge is 0.472 e. The molecule has 3 aromatic rings. The minimum Gasteiger partial charge on any atom is -0.472 e. The average Bonchev–Trinajstić information content (AvgIpc) is 3.30. The summed E-state index contributed by atoms with van der Waals surface area (Å²) in [5.41, 5.74) is 1.33. The van der Waals surface area contributed by atoms with E-state index in [1.165, 1.54) is 23.9 Å². The number of halogens is 1. The van der Waals surface area contributed by atoms with Crippen molar-refractivity contribution >= 4 is 17.7 Å². The average molecular weight is 450 g/mol. The van der Waals surface area contributed by atoms with E-state index in [4.69, 9.17) is 15.0 Å². The van der Waals surface area contributed by atoms with Crippen LogP contribution in [0, 0.1) is 17.1 Å². The maximum Gasteiger partial charge on any atom is 0.232 e. The van der Waals surface area contributed by atoms with E-state index < -0.39 is 0 Å². The number of anilines is 1. The van der Waals surface area contributed by atoms with E-state index in [0.29, 0.717) is 23.4 Å². The van der Waals surface area contributed by atoms with Crippen LogP contribution in [0.15, 0.2) is 64.5 Å². The Bertz CT molecular complexity index is 1120. The number of rotatable bonds is 7. The summed E-state index contributed by atoms with van der Waals surface area (Å²) >= 11 is 1.47.